The lowest BCUT2D eigenvalue weighted by atomic mass is 9.90. The van der Waals surface area contributed by atoms with Crippen molar-refractivity contribution in [2.75, 3.05) is 25.5 Å². The molecule has 1 aliphatic heterocycles. The lowest BCUT2D eigenvalue weighted by Gasteiger charge is -2.22. The molecule has 0 radical (unpaired) electrons. The van der Waals surface area contributed by atoms with E-state index in [0.717, 1.165) is 34.2 Å². The van der Waals surface area contributed by atoms with Crippen LogP contribution in [0.25, 0.3) is 22.3 Å². The number of carbonyl (C=O) groups excluding carboxylic acids is 2. The van der Waals surface area contributed by atoms with Gasteiger partial charge in [0.1, 0.15) is 17.1 Å². The van der Waals surface area contributed by atoms with Gasteiger partial charge in [-0.25, -0.2) is 9.37 Å². The summed E-state index contributed by atoms with van der Waals surface area (Å²) >= 11 is 0. The zero-order valence-electron chi connectivity index (χ0n) is 25.3. The Morgan fingerprint density at radius 1 is 1.09 bits per heavy atom. The number of halogens is 1. The highest BCUT2D eigenvalue weighted by Crippen LogP contribution is 2.37. The van der Waals surface area contributed by atoms with E-state index in [1.54, 1.807) is 13.1 Å². The Morgan fingerprint density at radius 3 is 2.57 bits per heavy atom. The van der Waals surface area contributed by atoms with E-state index in [0.29, 0.717) is 42.1 Å². The summed E-state index contributed by atoms with van der Waals surface area (Å²) in [5.41, 5.74) is 5.63. The predicted octanol–water partition coefficient (Wildman–Crippen LogP) is 4.75. The van der Waals surface area contributed by atoms with Crippen molar-refractivity contribution in [3.8, 4) is 28.0 Å². The Balaban J connectivity index is 1.40. The first-order chi connectivity index (χ1) is 21.2. The topological polar surface area (TPSA) is 114 Å². The second-order valence-corrected chi connectivity index (χ2v) is 11.1. The summed E-state index contributed by atoms with van der Waals surface area (Å²) in [7, 11) is 3.07. The van der Waals surface area contributed by atoms with Crippen LogP contribution >= 0.6 is 0 Å². The van der Waals surface area contributed by atoms with Crippen molar-refractivity contribution in [1.29, 1.82) is 0 Å². The van der Waals surface area contributed by atoms with Crippen molar-refractivity contribution in [2.24, 2.45) is 13.0 Å². The molecule has 3 N–H and O–H groups in total. The molecule has 228 valence electrons. The Bertz CT molecular complexity index is 1780. The number of amides is 2. The molecule has 1 aromatic heterocycles. The molecule has 0 aliphatic carbocycles. The van der Waals surface area contributed by atoms with Crippen LogP contribution in [0.4, 0.5) is 10.1 Å². The van der Waals surface area contributed by atoms with Crippen LogP contribution in [0, 0.1) is 25.6 Å². The zero-order chi connectivity index (χ0) is 31.4. The molecule has 0 bridgehead atoms. The van der Waals surface area contributed by atoms with Crippen molar-refractivity contribution in [3.05, 3.63) is 99.5 Å². The maximum absolute atomic E-state index is 15.5. The SMILES string of the molecule is COc1cc(-c2cccc(-c3cccc(NC(=O)c4cncn(C)c4=O)c3C)c2C)cc(F)c1CNCC1CCNC(=O)C1. The average molecular weight is 598 g/mol. The Hall–Kier alpha value is -4.83. The first-order valence-corrected chi connectivity index (χ1v) is 14.5. The van der Waals surface area contributed by atoms with Gasteiger partial charge in [0, 0.05) is 44.0 Å². The van der Waals surface area contributed by atoms with Crippen LogP contribution < -0.4 is 26.2 Å². The van der Waals surface area contributed by atoms with E-state index in [9.17, 15) is 14.4 Å². The lowest BCUT2D eigenvalue weighted by molar-refractivity contribution is -0.123. The van der Waals surface area contributed by atoms with Crippen molar-refractivity contribution >= 4 is 17.5 Å². The normalized spacial score (nSPS) is 14.7. The maximum Gasteiger partial charge on any atom is 0.265 e. The molecular formula is C34H36FN5O4. The number of piperidine rings is 1. The highest BCUT2D eigenvalue weighted by Gasteiger charge is 2.21. The molecule has 9 nitrogen and oxygen atoms in total. The average Bonchev–Trinajstić information content (AvgIpc) is 3.00. The second kappa shape index (κ2) is 13.2. The minimum atomic E-state index is -0.536. The van der Waals surface area contributed by atoms with Crippen LogP contribution in [0.1, 0.15) is 39.9 Å². The molecule has 3 aromatic carbocycles. The summed E-state index contributed by atoms with van der Waals surface area (Å²) < 4.78 is 22.4. The quantitative estimate of drug-likeness (QED) is 0.257. The number of hydrogen-bond acceptors (Lipinski definition) is 6. The number of methoxy groups -OCH3 is 1. The molecule has 2 amide bonds. The van der Waals surface area contributed by atoms with Gasteiger partial charge in [0.15, 0.2) is 0 Å². The van der Waals surface area contributed by atoms with E-state index in [2.05, 4.69) is 20.9 Å². The number of nitrogens with zero attached hydrogens (tertiary/aromatic N) is 2. The first-order valence-electron chi connectivity index (χ1n) is 14.5. The standard InChI is InChI=1S/C34H36FN5O4/c1-20-24(23-14-29(35)27(31(15-23)44-4)17-36-16-22-11-12-38-32(41)13-22)7-5-8-25(20)26-9-6-10-30(21(26)2)39-33(42)28-18-37-19-40(3)34(28)43/h5-10,14-15,18-19,22,36H,11-13,16-17H2,1-4H3,(H,38,41)(H,39,42). The van der Waals surface area contributed by atoms with Gasteiger partial charge in [-0.15, -0.1) is 0 Å². The van der Waals surface area contributed by atoms with Gasteiger partial charge in [-0.2, -0.15) is 0 Å². The van der Waals surface area contributed by atoms with E-state index in [-0.39, 0.29) is 29.8 Å². The molecule has 5 rings (SSSR count). The number of anilines is 1. The van der Waals surface area contributed by atoms with Gasteiger partial charge < -0.3 is 25.3 Å². The fourth-order valence-electron chi connectivity index (χ4n) is 5.70. The molecule has 4 aromatic rings. The van der Waals surface area contributed by atoms with E-state index in [4.69, 9.17) is 4.74 Å². The van der Waals surface area contributed by atoms with Crippen LogP contribution in [-0.2, 0) is 18.4 Å². The van der Waals surface area contributed by atoms with Gasteiger partial charge in [-0.1, -0.05) is 30.3 Å². The predicted molar refractivity (Wildman–Crippen MR) is 168 cm³/mol. The van der Waals surface area contributed by atoms with Gasteiger partial charge in [-0.05, 0) is 84.3 Å². The second-order valence-electron chi connectivity index (χ2n) is 11.1. The summed E-state index contributed by atoms with van der Waals surface area (Å²) in [5, 5.41) is 8.99. The fourth-order valence-corrected chi connectivity index (χ4v) is 5.70. The van der Waals surface area contributed by atoms with Crippen molar-refractivity contribution in [1.82, 2.24) is 20.2 Å². The van der Waals surface area contributed by atoms with Crippen molar-refractivity contribution in [3.63, 3.8) is 0 Å². The highest BCUT2D eigenvalue weighted by molar-refractivity contribution is 6.04. The molecule has 1 saturated heterocycles. The Kier molecular flexibility index (Phi) is 9.20. The molecule has 1 unspecified atom stereocenters. The third-order valence-corrected chi connectivity index (χ3v) is 8.21. The summed E-state index contributed by atoms with van der Waals surface area (Å²) in [6.07, 6.45) is 3.98. The number of benzene rings is 3. The van der Waals surface area contributed by atoms with Gasteiger partial charge >= 0.3 is 0 Å². The number of carbonyl (C=O) groups is 2. The van der Waals surface area contributed by atoms with Crippen molar-refractivity contribution in [2.45, 2.75) is 33.2 Å². The minimum Gasteiger partial charge on any atom is -0.496 e. The largest absolute Gasteiger partial charge is 0.496 e. The number of aromatic nitrogens is 2. The number of rotatable bonds is 9. The van der Waals surface area contributed by atoms with Crippen LogP contribution in [-0.4, -0.2) is 41.6 Å². The van der Waals surface area contributed by atoms with Gasteiger partial charge in [0.05, 0.1) is 13.4 Å². The molecule has 10 heteroatoms. The molecule has 0 spiro atoms. The number of hydrogen-bond donors (Lipinski definition) is 3. The molecular weight excluding hydrogens is 561 g/mol. The number of nitrogens with one attached hydrogen (secondary N) is 3. The van der Waals surface area contributed by atoms with Crippen LogP contribution in [0.15, 0.2) is 65.8 Å². The molecule has 44 heavy (non-hydrogen) atoms. The third-order valence-electron chi connectivity index (χ3n) is 8.21. The fraction of sp³-hybridized carbons (Fsp3) is 0.294. The smallest absolute Gasteiger partial charge is 0.265 e. The van der Waals surface area contributed by atoms with Crippen molar-refractivity contribution < 1.29 is 18.7 Å². The lowest BCUT2D eigenvalue weighted by Crippen LogP contribution is -2.37. The third kappa shape index (κ3) is 6.40. The minimum absolute atomic E-state index is 0.0472. The van der Waals surface area contributed by atoms with Gasteiger partial charge in [-0.3, -0.25) is 14.4 Å². The summed E-state index contributed by atoms with van der Waals surface area (Å²) in [5.74, 6) is -0.190. The van der Waals surface area contributed by atoms with E-state index >= 15 is 4.39 Å². The van der Waals surface area contributed by atoms with Crippen LogP contribution in [0.3, 0.4) is 0 Å². The summed E-state index contributed by atoms with van der Waals surface area (Å²) in [4.78, 5) is 41.0. The van der Waals surface area contributed by atoms with E-state index in [1.807, 2.05) is 50.2 Å². The highest BCUT2D eigenvalue weighted by atomic mass is 19.1. The van der Waals surface area contributed by atoms with Crippen LogP contribution in [0.5, 0.6) is 5.75 Å². The Labute approximate surface area is 255 Å². The molecule has 2 heterocycles. The summed E-state index contributed by atoms with van der Waals surface area (Å²) in [6.45, 7) is 5.46. The van der Waals surface area contributed by atoms with Gasteiger partial charge in [0.2, 0.25) is 5.91 Å². The van der Waals surface area contributed by atoms with Gasteiger partial charge in [0.25, 0.3) is 11.5 Å². The molecule has 1 fully saturated rings. The van der Waals surface area contributed by atoms with E-state index in [1.165, 1.54) is 30.3 Å². The van der Waals surface area contributed by atoms with E-state index < -0.39 is 11.5 Å². The summed E-state index contributed by atoms with van der Waals surface area (Å²) in [6, 6.07) is 14.8. The molecule has 1 aliphatic rings. The monoisotopic (exact) mass is 597 g/mol. The Morgan fingerprint density at radius 2 is 1.82 bits per heavy atom. The number of ether oxygens (including phenoxy) is 1. The zero-order valence-corrected chi connectivity index (χ0v) is 25.3. The molecule has 1 atom stereocenters. The van der Waals surface area contributed by atoms with Crippen LogP contribution in [0.2, 0.25) is 0 Å². The molecule has 0 saturated carbocycles. The first kappa shape index (κ1) is 30.6. The number of aryl methyl sites for hydroxylation is 1. The maximum atomic E-state index is 15.5.